The highest BCUT2D eigenvalue weighted by Gasteiger charge is 2.35. The molecule has 2 rings (SSSR count). The number of hydrogen-bond donors (Lipinski definition) is 0. The van der Waals surface area contributed by atoms with Crippen LogP contribution in [-0.4, -0.2) is 0 Å². The summed E-state index contributed by atoms with van der Waals surface area (Å²) in [5.74, 6) is 6.21. The Labute approximate surface area is 128 Å². The molecule has 0 N–H and O–H groups in total. The van der Waals surface area contributed by atoms with Crippen molar-refractivity contribution < 1.29 is 0 Å². The van der Waals surface area contributed by atoms with Crippen LogP contribution in [0.5, 0.6) is 0 Å². The van der Waals surface area contributed by atoms with Gasteiger partial charge in [0.05, 0.1) is 0 Å². The van der Waals surface area contributed by atoms with Crippen LogP contribution < -0.4 is 0 Å². The molecule has 0 aliphatic heterocycles. The van der Waals surface area contributed by atoms with E-state index in [1.54, 1.807) is 0 Å². The van der Waals surface area contributed by atoms with Crippen molar-refractivity contribution in [3.05, 3.63) is 0 Å². The fraction of sp³-hybridized carbons (Fsp3) is 1.00. The normalized spacial score (nSPS) is 31.2. The lowest BCUT2D eigenvalue weighted by molar-refractivity contribution is 0.0768. The van der Waals surface area contributed by atoms with Crippen LogP contribution in [0.3, 0.4) is 0 Å². The van der Waals surface area contributed by atoms with Gasteiger partial charge in [-0.2, -0.15) is 0 Å². The molecule has 0 amide bonds. The molecule has 0 aromatic carbocycles. The Morgan fingerprint density at radius 3 is 1.95 bits per heavy atom. The first-order valence-electron chi connectivity index (χ1n) is 9.67. The van der Waals surface area contributed by atoms with Crippen LogP contribution in [0.4, 0.5) is 0 Å². The largest absolute Gasteiger partial charge is 0.0654 e. The minimum Gasteiger partial charge on any atom is -0.0654 e. The van der Waals surface area contributed by atoms with E-state index in [0.29, 0.717) is 0 Å². The first-order chi connectivity index (χ1) is 9.67. The Kier molecular flexibility index (Phi) is 6.43. The summed E-state index contributed by atoms with van der Waals surface area (Å²) < 4.78 is 0. The molecule has 0 saturated heterocycles. The molecule has 0 aromatic heterocycles. The average Bonchev–Trinajstić information content (AvgIpc) is 2.37. The molecule has 0 heterocycles. The molecule has 5 unspecified atom stereocenters. The van der Waals surface area contributed by atoms with E-state index in [2.05, 4.69) is 27.7 Å². The molecule has 0 nitrogen and oxygen atoms in total. The minimum atomic E-state index is 0.947. The first-order valence-corrected chi connectivity index (χ1v) is 9.67. The predicted molar refractivity (Wildman–Crippen MR) is 89.8 cm³/mol. The van der Waals surface area contributed by atoms with Gasteiger partial charge in [-0.3, -0.25) is 0 Å². The van der Waals surface area contributed by atoms with E-state index < -0.39 is 0 Å². The van der Waals surface area contributed by atoms with Crippen molar-refractivity contribution in [1.82, 2.24) is 0 Å². The van der Waals surface area contributed by atoms with E-state index in [0.717, 1.165) is 35.5 Å². The summed E-state index contributed by atoms with van der Waals surface area (Å²) in [4.78, 5) is 0. The topological polar surface area (TPSA) is 0 Å². The van der Waals surface area contributed by atoms with E-state index in [1.165, 1.54) is 64.2 Å². The molecular formula is C20H38. The Bertz CT molecular complexity index is 260. The maximum Gasteiger partial charge on any atom is -0.0334 e. The molecule has 0 radical (unpaired) electrons. The summed E-state index contributed by atoms with van der Waals surface area (Å²) in [6.07, 6.45) is 15.0. The Morgan fingerprint density at radius 2 is 1.50 bits per heavy atom. The molecule has 2 aliphatic carbocycles. The van der Waals surface area contributed by atoms with Crippen molar-refractivity contribution >= 4 is 0 Å². The highest BCUT2D eigenvalue weighted by Crippen LogP contribution is 2.46. The van der Waals surface area contributed by atoms with Gasteiger partial charge in [0.2, 0.25) is 0 Å². The van der Waals surface area contributed by atoms with Gasteiger partial charge in [-0.25, -0.2) is 0 Å². The second kappa shape index (κ2) is 7.85. The monoisotopic (exact) mass is 278 g/mol. The van der Waals surface area contributed by atoms with E-state index >= 15 is 0 Å². The van der Waals surface area contributed by atoms with Crippen molar-refractivity contribution in [1.29, 1.82) is 0 Å². The van der Waals surface area contributed by atoms with Crippen LogP contribution in [0.25, 0.3) is 0 Å². The van der Waals surface area contributed by atoms with E-state index in [9.17, 15) is 0 Å². The Hall–Kier alpha value is 0. The van der Waals surface area contributed by atoms with Gasteiger partial charge in [0.15, 0.2) is 0 Å². The van der Waals surface area contributed by atoms with Gasteiger partial charge in [0, 0.05) is 0 Å². The molecule has 0 bridgehead atoms. The second-order valence-corrected chi connectivity index (χ2v) is 8.09. The van der Waals surface area contributed by atoms with Crippen molar-refractivity contribution in [3.8, 4) is 0 Å². The van der Waals surface area contributed by atoms with Gasteiger partial charge >= 0.3 is 0 Å². The molecule has 2 aliphatic rings. The van der Waals surface area contributed by atoms with Gasteiger partial charge in [-0.1, -0.05) is 72.6 Å². The molecule has 118 valence electrons. The van der Waals surface area contributed by atoms with E-state index in [4.69, 9.17) is 0 Å². The fourth-order valence-electron chi connectivity index (χ4n) is 5.03. The Balaban J connectivity index is 1.77. The third-order valence-electron chi connectivity index (χ3n) is 6.88. The zero-order valence-corrected chi connectivity index (χ0v) is 14.5. The molecule has 20 heavy (non-hydrogen) atoms. The van der Waals surface area contributed by atoms with Crippen LogP contribution in [0.2, 0.25) is 0 Å². The standard InChI is InChI=1S/C20H38/c1-5-8-17-13-14-18(17)12-11-16(4)20(15(3)6-2)19-9-7-10-19/h15-20H,5-14H2,1-4H3. The van der Waals surface area contributed by atoms with Crippen molar-refractivity contribution in [2.24, 2.45) is 35.5 Å². The predicted octanol–water partition coefficient (Wildman–Crippen LogP) is 6.69. The lowest BCUT2D eigenvalue weighted by Gasteiger charge is -2.43. The van der Waals surface area contributed by atoms with Crippen molar-refractivity contribution in [3.63, 3.8) is 0 Å². The average molecular weight is 279 g/mol. The lowest BCUT2D eigenvalue weighted by atomic mass is 9.63. The molecule has 0 heteroatoms. The number of hydrogen-bond acceptors (Lipinski definition) is 0. The molecule has 5 atom stereocenters. The van der Waals surface area contributed by atoms with Crippen LogP contribution in [-0.2, 0) is 0 Å². The van der Waals surface area contributed by atoms with E-state index in [-0.39, 0.29) is 0 Å². The maximum atomic E-state index is 2.57. The molecule has 0 spiro atoms. The van der Waals surface area contributed by atoms with Crippen molar-refractivity contribution in [2.75, 3.05) is 0 Å². The molecule has 0 aromatic rings. The molecule has 2 saturated carbocycles. The molecule has 2 fully saturated rings. The number of rotatable bonds is 9. The smallest absolute Gasteiger partial charge is 0.0334 e. The highest BCUT2D eigenvalue weighted by atomic mass is 14.4. The summed E-state index contributed by atoms with van der Waals surface area (Å²) in [6.45, 7) is 9.84. The van der Waals surface area contributed by atoms with Crippen LogP contribution >= 0.6 is 0 Å². The minimum absolute atomic E-state index is 0.947. The fourth-order valence-corrected chi connectivity index (χ4v) is 5.03. The van der Waals surface area contributed by atoms with Gasteiger partial charge < -0.3 is 0 Å². The van der Waals surface area contributed by atoms with Crippen molar-refractivity contribution in [2.45, 2.75) is 91.9 Å². The maximum absolute atomic E-state index is 2.57. The molecular weight excluding hydrogens is 240 g/mol. The lowest BCUT2D eigenvalue weighted by Crippen LogP contribution is -2.33. The van der Waals surface area contributed by atoms with Crippen LogP contribution in [0.1, 0.15) is 91.9 Å². The third-order valence-corrected chi connectivity index (χ3v) is 6.88. The zero-order chi connectivity index (χ0) is 14.5. The summed E-state index contributed by atoms with van der Waals surface area (Å²) in [7, 11) is 0. The summed E-state index contributed by atoms with van der Waals surface area (Å²) in [6, 6.07) is 0. The third kappa shape index (κ3) is 3.80. The van der Waals surface area contributed by atoms with E-state index in [1.807, 2.05) is 0 Å². The van der Waals surface area contributed by atoms with Gasteiger partial charge in [0.1, 0.15) is 0 Å². The summed E-state index contributed by atoms with van der Waals surface area (Å²) in [5, 5.41) is 0. The van der Waals surface area contributed by atoms with Gasteiger partial charge in [-0.05, 0) is 54.8 Å². The quantitative estimate of drug-likeness (QED) is 0.440. The Morgan fingerprint density at radius 1 is 0.850 bits per heavy atom. The zero-order valence-electron chi connectivity index (χ0n) is 14.5. The second-order valence-electron chi connectivity index (χ2n) is 8.09. The first kappa shape index (κ1) is 16.4. The van der Waals surface area contributed by atoms with Gasteiger partial charge in [-0.15, -0.1) is 0 Å². The van der Waals surface area contributed by atoms with Crippen LogP contribution in [0.15, 0.2) is 0 Å². The van der Waals surface area contributed by atoms with Gasteiger partial charge in [0.25, 0.3) is 0 Å². The summed E-state index contributed by atoms with van der Waals surface area (Å²) in [5.41, 5.74) is 0. The summed E-state index contributed by atoms with van der Waals surface area (Å²) >= 11 is 0. The van der Waals surface area contributed by atoms with Crippen LogP contribution in [0, 0.1) is 35.5 Å². The highest BCUT2D eigenvalue weighted by molar-refractivity contribution is 4.86. The SMILES string of the molecule is CCCC1CCC1CCC(C)C(C(C)CC)C1CCC1.